The van der Waals surface area contributed by atoms with Crippen molar-refractivity contribution in [2.45, 2.75) is 19.2 Å². The third-order valence-corrected chi connectivity index (χ3v) is 6.73. The van der Waals surface area contributed by atoms with E-state index in [0.29, 0.717) is 35.0 Å². The molecule has 0 spiro atoms. The van der Waals surface area contributed by atoms with E-state index in [4.69, 9.17) is 14.2 Å². The smallest absolute Gasteiger partial charge is 0.295 e. The number of aliphatic hydroxyl groups is 1. The maximum atomic E-state index is 13.4. The van der Waals surface area contributed by atoms with Gasteiger partial charge in [-0.1, -0.05) is 36.4 Å². The van der Waals surface area contributed by atoms with Gasteiger partial charge >= 0.3 is 0 Å². The van der Waals surface area contributed by atoms with E-state index in [1.54, 1.807) is 60.9 Å². The molecule has 0 aliphatic carbocycles. The maximum absolute atomic E-state index is 13.4. The van der Waals surface area contributed by atoms with Crippen LogP contribution in [-0.4, -0.2) is 40.9 Å². The number of Topliss-reactive ketones (excluding diaryl/α,β-unsaturated/α-hetero) is 1. The lowest BCUT2D eigenvalue weighted by molar-refractivity contribution is -0.140. The summed E-state index contributed by atoms with van der Waals surface area (Å²) < 4.78 is 16.8. The number of nitrogens with zero attached hydrogens (tertiary/aromatic N) is 2. The van der Waals surface area contributed by atoms with E-state index in [2.05, 4.69) is 4.98 Å². The average Bonchev–Trinajstić information content (AvgIpc) is 3.25. The van der Waals surface area contributed by atoms with Gasteiger partial charge in [-0.05, 0) is 53.6 Å². The summed E-state index contributed by atoms with van der Waals surface area (Å²) in [5.74, 6) is -0.228. The monoisotopic (exact) mass is 536 g/mol. The quantitative estimate of drug-likeness (QED) is 0.176. The van der Waals surface area contributed by atoms with Crippen molar-refractivity contribution in [2.24, 2.45) is 0 Å². The van der Waals surface area contributed by atoms with Crippen molar-refractivity contribution in [1.82, 2.24) is 9.88 Å². The number of hydrogen-bond acceptors (Lipinski definition) is 7. The molecule has 3 aromatic carbocycles. The fourth-order valence-corrected chi connectivity index (χ4v) is 4.70. The lowest BCUT2D eigenvalue weighted by atomic mass is 9.94. The predicted molar refractivity (Wildman–Crippen MR) is 149 cm³/mol. The number of ketones is 1. The van der Waals surface area contributed by atoms with Gasteiger partial charge in [-0.25, -0.2) is 0 Å². The molecule has 40 heavy (non-hydrogen) atoms. The minimum absolute atomic E-state index is 0.0321. The first-order chi connectivity index (χ1) is 19.5. The molecular formula is C32H28N2O6. The first-order valence-corrected chi connectivity index (χ1v) is 12.7. The number of methoxy groups -OCH3 is 2. The summed E-state index contributed by atoms with van der Waals surface area (Å²) in [5, 5.41) is 11.4. The van der Waals surface area contributed by atoms with Crippen molar-refractivity contribution in [3.8, 4) is 17.2 Å². The van der Waals surface area contributed by atoms with Gasteiger partial charge in [0.1, 0.15) is 29.6 Å². The third kappa shape index (κ3) is 5.37. The Balaban J connectivity index is 1.53. The highest BCUT2D eigenvalue weighted by Crippen LogP contribution is 2.44. The number of carbonyl (C=O) groups excluding carboxylic acids is 2. The summed E-state index contributed by atoms with van der Waals surface area (Å²) in [5.41, 5.74) is 2.65. The van der Waals surface area contributed by atoms with Crippen molar-refractivity contribution in [3.05, 3.63) is 125 Å². The van der Waals surface area contributed by atoms with Crippen molar-refractivity contribution >= 4 is 17.4 Å². The highest BCUT2D eigenvalue weighted by molar-refractivity contribution is 6.46. The molecule has 1 aromatic heterocycles. The molecule has 8 nitrogen and oxygen atoms in total. The van der Waals surface area contributed by atoms with Gasteiger partial charge in [-0.15, -0.1) is 0 Å². The van der Waals surface area contributed by atoms with E-state index in [1.807, 2.05) is 36.4 Å². The Morgan fingerprint density at radius 3 is 2.27 bits per heavy atom. The number of ether oxygens (including phenoxy) is 3. The molecule has 1 atom stereocenters. The average molecular weight is 537 g/mol. The van der Waals surface area contributed by atoms with Crippen molar-refractivity contribution in [3.63, 3.8) is 0 Å². The predicted octanol–water partition coefficient (Wildman–Crippen LogP) is 5.30. The molecule has 1 fully saturated rings. The highest BCUT2D eigenvalue weighted by atomic mass is 16.5. The minimum Gasteiger partial charge on any atom is -0.507 e. The number of hydrogen-bond donors (Lipinski definition) is 1. The fourth-order valence-electron chi connectivity index (χ4n) is 4.70. The highest BCUT2D eigenvalue weighted by Gasteiger charge is 2.47. The van der Waals surface area contributed by atoms with E-state index in [1.165, 1.54) is 19.1 Å². The second-order valence-electron chi connectivity index (χ2n) is 9.19. The Kier molecular flexibility index (Phi) is 7.77. The fraction of sp³-hybridized carbons (Fsp3) is 0.156. The standard InChI is InChI=1S/C32H28N2O6/c1-38-25-14-15-26(27(17-25)39-2)29-28(31(36)32(37)34(29)19-22-9-6-16-33-18-22)30(35)23-10-12-24(13-11-23)40-20-21-7-4-3-5-8-21/h3-18,29,35H,19-20H2,1-2H3/b30-28+. The van der Waals surface area contributed by atoms with Gasteiger partial charge in [0.2, 0.25) is 0 Å². The van der Waals surface area contributed by atoms with Crippen molar-refractivity contribution < 1.29 is 28.9 Å². The van der Waals surface area contributed by atoms with E-state index in [9.17, 15) is 14.7 Å². The molecule has 0 bridgehead atoms. The molecule has 1 unspecified atom stereocenters. The molecule has 2 heterocycles. The number of likely N-dealkylation sites (tertiary alicyclic amines) is 1. The summed E-state index contributed by atoms with van der Waals surface area (Å²) in [4.78, 5) is 32.4. The van der Waals surface area contributed by atoms with E-state index >= 15 is 0 Å². The van der Waals surface area contributed by atoms with Crippen LogP contribution in [0.25, 0.3) is 5.76 Å². The SMILES string of the molecule is COc1ccc(C2/C(=C(\O)c3ccc(OCc4ccccc4)cc3)C(=O)C(=O)N2Cc2cccnc2)c(OC)c1. The largest absolute Gasteiger partial charge is 0.507 e. The summed E-state index contributed by atoms with van der Waals surface area (Å²) >= 11 is 0. The Morgan fingerprint density at radius 1 is 0.875 bits per heavy atom. The van der Waals surface area contributed by atoms with Gasteiger partial charge < -0.3 is 24.2 Å². The molecule has 5 rings (SSSR count). The molecule has 1 N–H and O–H groups in total. The summed E-state index contributed by atoms with van der Waals surface area (Å²) in [6.07, 6.45) is 3.27. The second-order valence-corrected chi connectivity index (χ2v) is 9.19. The molecule has 1 saturated heterocycles. The third-order valence-electron chi connectivity index (χ3n) is 6.73. The molecule has 8 heteroatoms. The Hall–Kier alpha value is -5.11. The molecule has 1 aliphatic rings. The van der Waals surface area contributed by atoms with Gasteiger partial charge in [0.25, 0.3) is 11.7 Å². The molecule has 1 amide bonds. The van der Waals surface area contributed by atoms with Crippen LogP contribution < -0.4 is 14.2 Å². The Morgan fingerprint density at radius 2 is 1.60 bits per heavy atom. The van der Waals surface area contributed by atoms with Crippen LogP contribution in [0.15, 0.2) is 103 Å². The molecule has 0 radical (unpaired) electrons. The summed E-state index contributed by atoms with van der Waals surface area (Å²) in [7, 11) is 3.04. The number of aromatic nitrogens is 1. The van der Waals surface area contributed by atoms with Crippen LogP contribution in [0.3, 0.4) is 0 Å². The van der Waals surface area contributed by atoms with E-state index in [-0.39, 0.29) is 17.9 Å². The first-order valence-electron chi connectivity index (χ1n) is 12.7. The number of amides is 1. The topological polar surface area (TPSA) is 98.2 Å². The maximum Gasteiger partial charge on any atom is 0.295 e. The van der Waals surface area contributed by atoms with Crippen LogP contribution in [-0.2, 0) is 22.7 Å². The molecule has 1 aliphatic heterocycles. The van der Waals surface area contributed by atoms with Crippen molar-refractivity contribution in [1.29, 1.82) is 0 Å². The number of carbonyl (C=O) groups is 2. The number of pyridine rings is 1. The summed E-state index contributed by atoms with van der Waals surface area (Å²) in [6.45, 7) is 0.504. The molecule has 4 aromatic rings. The van der Waals surface area contributed by atoms with Gasteiger partial charge in [0.15, 0.2) is 0 Å². The molecule has 0 saturated carbocycles. The van der Waals surface area contributed by atoms with Crippen LogP contribution in [0.2, 0.25) is 0 Å². The lowest BCUT2D eigenvalue weighted by Crippen LogP contribution is -2.29. The van der Waals surface area contributed by atoms with Crippen LogP contribution >= 0.6 is 0 Å². The number of rotatable bonds is 9. The number of benzene rings is 3. The minimum atomic E-state index is -0.907. The van der Waals surface area contributed by atoms with Gasteiger partial charge in [0.05, 0.1) is 25.8 Å². The van der Waals surface area contributed by atoms with Crippen LogP contribution in [0.1, 0.15) is 28.3 Å². The van der Waals surface area contributed by atoms with E-state index in [0.717, 1.165) is 11.1 Å². The normalized spacial score (nSPS) is 16.1. The van der Waals surface area contributed by atoms with E-state index < -0.39 is 17.7 Å². The first kappa shape index (κ1) is 26.5. The lowest BCUT2D eigenvalue weighted by Gasteiger charge is -2.26. The van der Waals surface area contributed by atoms with Gasteiger partial charge in [-0.3, -0.25) is 14.6 Å². The zero-order chi connectivity index (χ0) is 28.1. The van der Waals surface area contributed by atoms with Crippen LogP contribution in [0.4, 0.5) is 0 Å². The Labute approximate surface area is 232 Å². The number of aliphatic hydroxyl groups excluding tert-OH is 1. The summed E-state index contributed by atoms with van der Waals surface area (Å²) in [6, 6.07) is 24.3. The van der Waals surface area contributed by atoms with Crippen LogP contribution in [0.5, 0.6) is 17.2 Å². The van der Waals surface area contributed by atoms with Gasteiger partial charge in [-0.2, -0.15) is 0 Å². The molecular weight excluding hydrogens is 508 g/mol. The zero-order valence-corrected chi connectivity index (χ0v) is 22.1. The Bertz CT molecular complexity index is 1540. The molecule has 202 valence electrons. The van der Waals surface area contributed by atoms with Crippen LogP contribution in [0, 0.1) is 0 Å². The second kappa shape index (κ2) is 11.7. The van der Waals surface area contributed by atoms with Crippen molar-refractivity contribution in [2.75, 3.05) is 14.2 Å². The zero-order valence-electron chi connectivity index (χ0n) is 22.1. The van der Waals surface area contributed by atoms with Gasteiger partial charge in [0, 0.05) is 36.1 Å².